The highest BCUT2D eigenvalue weighted by molar-refractivity contribution is 6.63. The fourth-order valence-electron chi connectivity index (χ4n) is 0. The zero-order valence-electron chi connectivity index (χ0n) is 2.53. The van der Waals surface area contributed by atoms with Gasteiger partial charge in [0.25, 0.3) is 0 Å². The lowest BCUT2D eigenvalue weighted by Gasteiger charge is -1.69. The van der Waals surface area contributed by atoms with Crippen molar-refractivity contribution >= 4 is 59.6 Å². The zero-order chi connectivity index (χ0) is 3.58. The van der Waals surface area contributed by atoms with E-state index in [1.165, 1.54) is 0 Å². The Hall–Kier alpha value is 1.45. The molecular formula is CH3Cl5. The van der Waals surface area contributed by atoms with Gasteiger partial charge in [0.2, 0.25) is 0 Å². The van der Waals surface area contributed by atoms with Crippen molar-refractivity contribution < 1.29 is 0 Å². The Morgan fingerprint density at radius 2 is 0.833 bits per heavy atom. The van der Waals surface area contributed by atoms with Crippen LogP contribution in [0.2, 0.25) is 0 Å². The van der Waals surface area contributed by atoms with Crippen LogP contribution < -0.4 is 0 Å². The fraction of sp³-hybridized carbons (Fsp3) is 1.00. The minimum atomic E-state index is -0.750. The molecule has 0 spiro atoms. The molecule has 0 bridgehead atoms. The highest BCUT2D eigenvalue weighted by atomic mass is 35.6. The third kappa shape index (κ3) is 51.3. The summed E-state index contributed by atoms with van der Waals surface area (Å²) in [6.45, 7) is 0. The summed E-state index contributed by atoms with van der Waals surface area (Å²) in [6.07, 6.45) is 0. The van der Waals surface area contributed by atoms with Crippen molar-refractivity contribution in [1.82, 2.24) is 0 Å². The molecule has 6 heavy (non-hydrogen) atoms. The van der Waals surface area contributed by atoms with Gasteiger partial charge in [0, 0.05) is 0 Å². The van der Waals surface area contributed by atoms with E-state index in [9.17, 15) is 0 Å². The number of alkyl halides is 3. The van der Waals surface area contributed by atoms with Crippen LogP contribution in [-0.4, -0.2) is 4.30 Å². The van der Waals surface area contributed by atoms with Crippen LogP contribution in [0.1, 0.15) is 0 Å². The van der Waals surface area contributed by atoms with Crippen molar-refractivity contribution in [3.8, 4) is 0 Å². The molecule has 0 radical (unpaired) electrons. The lowest BCUT2D eigenvalue weighted by atomic mass is 11.9. The van der Waals surface area contributed by atoms with Crippen LogP contribution in [-0.2, 0) is 0 Å². The van der Waals surface area contributed by atoms with Gasteiger partial charge in [0.05, 0.1) is 0 Å². The van der Waals surface area contributed by atoms with Crippen molar-refractivity contribution in [2.75, 3.05) is 0 Å². The van der Waals surface area contributed by atoms with Crippen molar-refractivity contribution in [2.45, 2.75) is 4.30 Å². The van der Waals surface area contributed by atoms with E-state index in [-0.39, 0.29) is 24.8 Å². The first-order chi connectivity index (χ1) is 1.73. The molecule has 0 N–H and O–H groups in total. The van der Waals surface area contributed by atoms with E-state index in [2.05, 4.69) is 0 Å². The molecule has 0 amide bonds. The summed E-state index contributed by atoms with van der Waals surface area (Å²) in [6, 6.07) is 0. The average molecular weight is 192 g/mol. The second kappa shape index (κ2) is 9.67. The minimum absolute atomic E-state index is 0. The maximum absolute atomic E-state index is 4.81. The van der Waals surface area contributed by atoms with Crippen LogP contribution in [0.25, 0.3) is 0 Å². The van der Waals surface area contributed by atoms with Crippen molar-refractivity contribution in [3.63, 3.8) is 0 Å². The molecule has 42 valence electrons. The lowest BCUT2D eigenvalue weighted by Crippen LogP contribution is -1.55. The highest BCUT2D eigenvalue weighted by Gasteiger charge is 1.78. The van der Waals surface area contributed by atoms with Crippen molar-refractivity contribution in [3.05, 3.63) is 0 Å². The smallest absolute Gasteiger partial charge is 0.147 e. The van der Waals surface area contributed by atoms with Crippen LogP contribution in [0, 0.1) is 0 Å². The average Bonchev–Trinajstić information content (AvgIpc) is 0.811. The molecule has 0 aromatic heterocycles. The normalized spacial score (nSPS) is 6.00. The Morgan fingerprint density at radius 3 is 0.833 bits per heavy atom. The Morgan fingerprint density at radius 1 is 0.833 bits per heavy atom. The molecule has 0 aliphatic heterocycles. The lowest BCUT2D eigenvalue weighted by molar-refractivity contribution is 1.96. The molecule has 0 nitrogen and oxygen atoms in total. The van der Waals surface area contributed by atoms with Crippen LogP contribution in [0.4, 0.5) is 0 Å². The summed E-state index contributed by atoms with van der Waals surface area (Å²) >= 11 is 14.4. The van der Waals surface area contributed by atoms with E-state index in [1.54, 1.807) is 0 Å². The number of rotatable bonds is 0. The van der Waals surface area contributed by atoms with Gasteiger partial charge in [-0.25, -0.2) is 0 Å². The molecule has 0 saturated heterocycles. The fourth-order valence-corrected chi connectivity index (χ4v) is 0. The van der Waals surface area contributed by atoms with E-state index >= 15 is 0 Å². The first-order valence-corrected chi connectivity index (χ1v) is 1.96. The Kier molecular flexibility index (Phi) is 25.2. The molecule has 5 heteroatoms. The SMILES string of the molecule is Cl.Cl.ClC(Cl)Cl. The Balaban J connectivity index is -0.0000000450. The Bertz CT molecular complexity index is 8.66. The van der Waals surface area contributed by atoms with Gasteiger partial charge >= 0.3 is 0 Å². The van der Waals surface area contributed by atoms with Gasteiger partial charge in [0.15, 0.2) is 4.30 Å². The molecule has 0 unspecified atom stereocenters. The van der Waals surface area contributed by atoms with Crippen LogP contribution in [0.15, 0.2) is 0 Å². The van der Waals surface area contributed by atoms with Crippen LogP contribution in [0.3, 0.4) is 0 Å². The van der Waals surface area contributed by atoms with Crippen molar-refractivity contribution in [1.29, 1.82) is 0 Å². The topological polar surface area (TPSA) is 0 Å². The van der Waals surface area contributed by atoms with E-state index < -0.39 is 4.30 Å². The molecule has 0 rings (SSSR count). The first-order valence-electron chi connectivity index (χ1n) is 0.655. The van der Waals surface area contributed by atoms with Crippen LogP contribution >= 0.6 is 59.6 Å². The van der Waals surface area contributed by atoms with Gasteiger partial charge in [-0.15, -0.1) is 24.8 Å². The van der Waals surface area contributed by atoms with Gasteiger partial charge in [0.1, 0.15) is 0 Å². The molecule has 0 fully saturated rings. The predicted molar refractivity (Wildman–Crippen MR) is 35.8 cm³/mol. The molecular weight excluding hydrogens is 189 g/mol. The summed E-state index contributed by atoms with van der Waals surface area (Å²) < 4.78 is -0.750. The van der Waals surface area contributed by atoms with Gasteiger partial charge in [-0.2, -0.15) is 0 Å². The summed E-state index contributed by atoms with van der Waals surface area (Å²) in [5.41, 5.74) is 0. The number of hydrogen-bond donors (Lipinski definition) is 0. The molecule has 0 aromatic carbocycles. The largest absolute Gasteiger partial charge is 0.180 e. The van der Waals surface area contributed by atoms with E-state index in [4.69, 9.17) is 34.8 Å². The highest BCUT2D eigenvalue weighted by Crippen LogP contribution is 2.03. The van der Waals surface area contributed by atoms with Crippen LogP contribution in [0.5, 0.6) is 0 Å². The summed E-state index contributed by atoms with van der Waals surface area (Å²) in [5, 5.41) is 0. The van der Waals surface area contributed by atoms with Gasteiger partial charge in [-0.05, 0) is 0 Å². The third-order valence-electron chi connectivity index (χ3n) is 0. The third-order valence-corrected chi connectivity index (χ3v) is 0. The van der Waals surface area contributed by atoms with Gasteiger partial charge in [-0.1, -0.05) is 34.8 Å². The summed E-state index contributed by atoms with van der Waals surface area (Å²) in [5.74, 6) is 0. The molecule has 0 atom stereocenters. The second-order valence-electron chi connectivity index (χ2n) is 0.247. The van der Waals surface area contributed by atoms with Gasteiger partial charge in [-0.3, -0.25) is 0 Å². The number of halogens is 5. The second-order valence-corrected chi connectivity index (χ2v) is 2.23. The standard InChI is InChI=1S/CHCl3.2ClH/c2-1(3)4;;/h1H;2*1H. The molecule has 0 aliphatic carbocycles. The molecule has 0 aromatic rings. The zero-order valence-corrected chi connectivity index (χ0v) is 6.43. The van der Waals surface area contributed by atoms with Gasteiger partial charge < -0.3 is 0 Å². The monoisotopic (exact) mass is 190 g/mol. The first kappa shape index (κ1) is 15.7. The summed E-state index contributed by atoms with van der Waals surface area (Å²) in [7, 11) is 0. The quantitative estimate of drug-likeness (QED) is 0.518. The summed E-state index contributed by atoms with van der Waals surface area (Å²) in [4.78, 5) is 0. The van der Waals surface area contributed by atoms with E-state index in [0.717, 1.165) is 0 Å². The maximum atomic E-state index is 4.81. The number of hydrogen-bond acceptors (Lipinski definition) is 0. The molecule has 0 heterocycles. The van der Waals surface area contributed by atoms with Crippen molar-refractivity contribution in [2.24, 2.45) is 0 Å². The minimum Gasteiger partial charge on any atom is -0.147 e. The Labute approximate surface area is 64.0 Å². The molecule has 0 aliphatic rings. The van der Waals surface area contributed by atoms with E-state index in [0.29, 0.717) is 0 Å². The maximum Gasteiger partial charge on any atom is 0.180 e. The molecule has 0 saturated carbocycles. The van der Waals surface area contributed by atoms with E-state index in [1.807, 2.05) is 0 Å². The predicted octanol–water partition coefficient (Wildman–Crippen LogP) is 2.83.